The van der Waals surface area contributed by atoms with Crippen LogP contribution >= 0.6 is 23.4 Å². The number of aromatic nitrogens is 3. The van der Waals surface area contributed by atoms with Crippen LogP contribution in [0, 0.1) is 0 Å². The number of hydrogen-bond acceptors (Lipinski definition) is 7. The van der Waals surface area contributed by atoms with E-state index in [1.165, 1.54) is 17.4 Å². The normalized spacial score (nSPS) is 11.0. The van der Waals surface area contributed by atoms with Gasteiger partial charge < -0.3 is 14.8 Å². The van der Waals surface area contributed by atoms with Crippen molar-refractivity contribution in [1.82, 2.24) is 20.2 Å². The molecule has 0 saturated heterocycles. The van der Waals surface area contributed by atoms with E-state index in [0.717, 1.165) is 30.2 Å². The molecule has 0 spiro atoms. The van der Waals surface area contributed by atoms with Crippen LogP contribution in [0.25, 0.3) is 0 Å². The minimum absolute atomic E-state index is 0.186. The fourth-order valence-corrected chi connectivity index (χ4v) is 4.02. The number of carbonyl (C=O) groups excluding carboxylic acids is 1. The summed E-state index contributed by atoms with van der Waals surface area (Å²) in [5.74, 6) is 0.730. The van der Waals surface area contributed by atoms with Gasteiger partial charge in [-0.25, -0.2) is 5.43 Å². The van der Waals surface area contributed by atoms with Crippen LogP contribution in [0.15, 0.2) is 58.8 Å². The number of nitrogens with zero attached hydrogens (tertiary/aromatic N) is 5. The third-order valence-corrected chi connectivity index (χ3v) is 6.21. The van der Waals surface area contributed by atoms with E-state index in [1.807, 2.05) is 48.0 Å². The fourth-order valence-electron chi connectivity index (χ4n) is 3.11. The number of hydrogen-bond donors (Lipinski definition) is 2. The fraction of sp³-hybridized carbons (Fsp3) is 0.304. The van der Waals surface area contributed by atoms with Gasteiger partial charge in [-0.2, -0.15) is 5.10 Å². The molecule has 0 fully saturated rings. The minimum atomic E-state index is -0.211. The standard InChI is InChI=1S/C23H28ClN7OS/c1-4-31(5-2)20-11-9-17(10-12-20)14-26-28-22(32)16-33-23-29-27-21(30(23)3)15-25-19-8-6-7-18(24)13-19/h6-14,25H,4-5,15-16H2,1-3H3,(H,28,32). The van der Waals surface area contributed by atoms with Crippen molar-refractivity contribution in [2.45, 2.75) is 25.5 Å². The van der Waals surface area contributed by atoms with Gasteiger partial charge in [-0.1, -0.05) is 41.6 Å². The summed E-state index contributed by atoms with van der Waals surface area (Å²) in [5, 5.41) is 17.0. The molecule has 0 aliphatic rings. The molecule has 0 saturated carbocycles. The summed E-state index contributed by atoms with van der Waals surface area (Å²) in [6.45, 7) is 6.68. The molecule has 8 nitrogen and oxygen atoms in total. The first kappa shape index (κ1) is 24.6. The predicted molar refractivity (Wildman–Crippen MR) is 136 cm³/mol. The molecule has 0 unspecified atom stereocenters. The highest BCUT2D eigenvalue weighted by Crippen LogP contribution is 2.18. The smallest absolute Gasteiger partial charge is 0.250 e. The third kappa shape index (κ3) is 7.23. The first-order valence-electron chi connectivity index (χ1n) is 10.7. The van der Waals surface area contributed by atoms with Crippen LogP contribution in [0.5, 0.6) is 0 Å². The molecule has 1 heterocycles. The van der Waals surface area contributed by atoms with Gasteiger partial charge in [-0.15, -0.1) is 10.2 Å². The van der Waals surface area contributed by atoms with E-state index in [4.69, 9.17) is 11.6 Å². The molecule has 1 aromatic heterocycles. The number of halogens is 1. The highest BCUT2D eigenvalue weighted by atomic mass is 35.5. The van der Waals surface area contributed by atoms with Crippen LogP contribution in [-0.2, 0) is 18.4 Å². The molecule has 33 heavy (non-hydrogen) atoms. The first-order chi connectivity index (χ1) is 16.0. The van der Waals surface area contributed by atoms with E-state index in [2.05, 4.69) is 56.9 Å². The van der Waals surface area contributed by atoms with Crippen LogP contribution in [-0.4, -0.2) is 45.7 Å². The van der Waals surface area contributed by atoms with Gasteiger partial charge in [0, 0.05) is 36.5 Å². The molecule has 0 bridgehead atoms. The molecule has 0 radical (unpaired) electrons. The number of thioether (sulfide) groups is 1. The number of rotatable bonds is 11. The zero-order chi connectivity index (χ0) is 23.6. The molecule has 1 amide bonds. The van der Waals surface area contributed by atoms with Crippen molar-refractivity contribution in [3.63, 3.8) is 0 Å². The van der Waals surface area contributed by atoms with Gasteiger partial charge >= 0.3 is 0 Å². The Morgan fingerprint density at radius 1 is 1.18 bits per heavy atom. The van der Waals surface area contributed by atoms with E-state index >= 15 is 0 Å². The molecular formula is C23H28ClN7OS. The molecule has 10 heteroatoms. The molecular weight excluding hydrogens is 458 g/mol. The van der Waals surface area contributed by atoms with E-state index in [9.17, 15) is 4.79 Å². The van der Waals surface area contributed by atoms with Crippen molar-refractivity contribution in [2.75, 3.05) is 29.1 Å². The molecule has 174 valence electrons. The molecule has 0 aliphatic carbocycles. The lowest BCUT2D eigenvalue weighted by Crippen LogP contribution is -2.21. The van der Waals surface area contributed by atoms with Crippen molar-refractivity contribution in [1.29, 1.82) is 0 Å². The van der Waals surface area contributed by atoms with Gasteiger partial charge in [0.15, 0.2) is 11.0 Å². The second kappa shape index (κ2) is 12.3. The second-order valence-electron chi connectivity index (χ2n) is 7.17. The first-order valence-corrected chi connectivity index (χ1v) is 12.0. The summed E-state index contributed by atoms with van der Waals surface area (Å²) in [4.78, 5) is 14.4. The number of amides is 1. The number of anilines is 2. The topological polar surface area (TPSA) is 87.4 Å². The lowest BCUT2D eigenvalue weighted by Gasteiger charge is -2.20. The highest BCUT2D eigenvalue weighted by molar-refractivity contribution is 7.99. The number of hydrazone groups is 1. The maximum Gasteiger partial charge on any atom is 0.250 e. The van der Waals surface area contributed by atoms with Gasteiger partial charge in [0.1, 0.15) is 0 Å². The summed E-state index contributed by atoms with van der Waals surface area (Å²) in [6, 6.07) is 15.6. The Labute approximate surface area is 203 Å². The number of carbonyl (C=O) groups is 1. The van der Waals surface area contributed by atoms with E-state index < -0.39 is 0 Å². The quantitative estimate of drug-likeness (QED) is 0.241. The van der Waals surface area contributed by atoms with Crippen molar-refractivity contribution < 1.29 is 4.79 Å². The van der Waals surface area contributed by atoms with Crippen LogP contribution in [0.1, 0.15) is 25.2 Å². The Balaban J connectivity index is 1.45. The summed E-state index contributed by atoms with van der Waals surface area (Å²) >= 11 is 7.31. The van der Waals surface area contributed by atoms with E-state index in [1.54, 1.807) is 6.21 Å². The molecule has 0 atom stereocenters. The summed E-state index contributed by atoms with van der Waals surface area (Å²) in [6.07, 6.45) is 1.64. The Morgan fingerprint density at radius 2 is 1.94 bits per heavy atom. The Hall–Kier alpha value is -3.04. The SMILES string of the molecule is CCN(CC)c1ccc(C=NNC(=O)CSc2nnc(CNc3cccc(Cl)c3)n2C)cc1. The summed E-state index contributed by atoms with van der Waals surface area (Å²) in [7, 11) is 1.87. The molecule has 0 aliphatic heterocycles. The van der Waals surface area contributed by atoms with E-state index in [-0.39, 0.29) is 11.7 Å². The zero-order valence-corrected chi connectivity index (χ0v) is 20.5. The predicted octanol–water partition coefficient (Wildman–Crippen LogP) is 4.17. The lowest BCUT2D eigenvalue weighted by molar-refractivity contribution is -0.118. The van der Waals surface area contributed by atoms with Gasteiger partial charge in [0.25, 0.3) is 5.91 Å². The lowest BCUT2D eigenvalue weighted by atomic mass is 10.2. The van der Waals surface area contributed by atoms with Crippen LogP contribution in [0.2, 0.25) is 5.02 Å². The van der Waals surface area contributed by atoms with Gasteiger partial charge in [-0.3, -0.25) is 4.79 Å². The Bertz CT molecular complexity index is 1080. The van der Waals surface area contributed by atoms with Gasteiger partial charge in [0.2, 0.25) is 0 Å². The van der Waals surface area contributed by atoms with Crippen molar-refractivity contribution in [3.8, 4) is 0 Å². The average Bonchev–Trinajstić information content (AvgIpc) is 3.17. The maximum absolute atomic E-state index is 12.2. The highest BCUT2D eigenvalue weighted by Gasteiger charge is 2.11. The maximum atomic E-state index is 12.2. The monoisotopic (exact) mass is 485 g/mol. The number of benzene rings is 2. The summed E-state index contributed by atoms with van der Waals surface area (Å²) < 4.78 is 1.86. The van der Waals surface area contributed by atoms with E-state index in [0.29, 0.717) is 16.7 Å². The molecule has 3 aromatic rings. The molecule has 2 aromatic carbocycles. The summed E-state index contributed by atoms with van der Waals surface area (Å²) in [5.41, 5.74) is 5.55. The molecule has 2 N–H and O–H groups in total. The zero-order valence-electron chi connectivity index (χ0n) is 19.0. The van der Waals surface area contributed by atoms with Crippen LogP contribution < -0.4 is 15.6 Å². The minimum Gasteiger partial charge on any atom is -0.378 e. The van der Waals surface area contributed by atoms with Gasteiger partial charge in [-0.05, 0) is 49.7 Å². The number of nitrogens with one attached hydrogen (secondary N) is 2. The van der Waals surface area contributed by atoms with Gasteiger partial charge in [0.05, 0.1) is 18.5 Å². The largest absolute Gasteiger partial charge is 0.378 e. The average molecular weight is 486 g/mol. The molecule has 3 rings (SSSR count). The van der Waals surface area contributed by atoms with Crippen molar-refractivity contribution >= 4 is 46.9 Å². The second-order valence-corrected chi connectivity index (χ2v) is 8.55. The van der Waals surface area contributed by atoms with Crippen LogP contribution in [0.4, 0.5) is 11.4 Å². The van der Waals surface area contributed by atoms with Crippen molar-refractivity contribution in [3.05, 3.63) is 64.9 Å². The Morgan fingerprint density at radius 3 is 2.64 bits per heavy atom. The van der Waals surface area contributed by atoms with Crippen molar-refractivity contribution in [2.24, 2.45) is 12.1 Å². The van der Waals surface area contributed by atoms with Crippen LogP contribution in [0.3, 0.4) is 0 Å². The third-order valence-electron chi connectivity index (χ3n) is 4.96. The Kier molecular flexibility index (Phi) is 9.14.